The van der Waals surface area contributed by atoms with Crippen molar-refractivity contribution < 1.29 is 14.4 Å². The molecule has 7 nitrogen and oxygen atoms in total. The molecule has 1 rings (SSSR count). The second kappa shape index (κ2) is 5.34. The van der Waals surface area contributed by atoms with Crippen LogP contribution in [0.15, 0.2) is 0 Å². The number of imide groups is 1. The number of nitrogens with one attached hydrogen (secondary N) is 1. The molecule has 1 saturated heterocycles. The van der Waals surface area contributed by atoms with Crippen molar-refractivity contribution in [1.82, 2.24) is 15.1 Å². The molecule has 4 amide bonds. The smallest absolute Gasteiger partial charge is 0.318 e. The van der Waals surface area contributed by atoms with Crippen molar-refractivity contribution in [2.45, 2.75) is 38.9 Å². The highest BCUT2D eigenvalue weighted by Crippen LogP contribution is 2.20. The Morgan fingerprint density at radius 3 is 2.33 bits per heavy atom. The van der Waals surface area contributed by atoms with Gasteiger partial charge in [-0.3, -0.25) is 19.8 Å². The molecule has 1 heterocycles. The van der Waals surface area contributed by atoms with Gasteiger partial charge in [0, 0.05) is 19.1 Å². The maximum absolute atomic E-state index is 12.0. The van der Waals surface area contributed by atoms with Crippen LogP contribution in [0.2, 0.25) is 0 Å². The van der Waals surface area contributed by atoms with Crippen LogP contribution in [0, 0.1) is 0 Å². The Labute approximate surface area is 106 Å². The molecule has 7 heteroatoms. The van der Waals surface area contributed by atoms with Crippen molar-refractivity contribution in [3.8, 4) is 0 Å². The van der Waals surface area contributed by atoms with E-state index in [0.29, 0.717) is 0 Å². The van der Waals surface area contributed by atoms with Gasteiger partial charge in [0.15, 0.2) is 0 Å². The van der Waals surface area contributed by atoms with Crippen molar-refractivity contribution in [3.05, 3.63) is 0 Å². The molecule has 0 aliphatic carbocycles. The van der Waals surface area contributed by atoms with E-state index in [1.807, 2.05) is 19.2 Å². The number of nitrogens with zero attached hydrogens (tertiary/aromatic N) is 2. The van der Waals surface area contributed by atoms with Gasteiger partial charge in [0.1, 0.15) is 0 Å². The Kier molecular flexibility index (Phi) is 4.28. The summed E-state index contributed by atoms with van der Waals surface area (Å²) in [5.41, 5.74) is 4.88. The van der Waals surface area contributed by atoms with Gasteiger partial charge in [0.05, 0.1) is 12.6 Å². The van der Waals surface area contributed by atoms with Crippen molar-refractivity contribution in [3.63, 3.8) is 0 Å². The lowest BCUT2D eigenvalue weighted by Gasteiger charge is -2.46. The number of urea groups is 1. The fraction of sp³-hybridized carbons (Fsp3) is 0.727. The zero-order valence-corrected chi connectivity index (χ0v) is 11.1. The van der Waals surface area contributed by atoms with Gasteiger partial charge in [-0.15, -0.1) is 0 Å². The largest absolute Gasteiger partial charge is 0.351 e. The Hall–Kier alpha value is -1.63. The molecule has 0 bridgehead atoms. The first-order chi connectivity index (χ1) is 8.25. The number of carbonyl (C=O) groups is 3. The van der Waals surface area contributed by atoms with Crippen LogP contribution in [0.1, 0.15) is 20.8 Å². The molecule has 3 atom stereocenters. The number of likely N-dealkylation sites (N-methyl/N-ethyl adjacent to an activating group) is 1. The molecule has 0 aromatic heterocycles. The second-order valence-electron chi connectivity index (χ2n) is 4.69. The number of hydrogen-bond acceptors (Lipinski definition) is 4. The van der Waals surface area contributed by atoms with Gasteiger partial charge < -0.3 is 10.6 Å². The fourth-order valence-corrected chi connectivity index (χ4v) is 2.21. The summed E-state index contributed by atoms with van der Waals surface area (Å²) in [4.78, 5) is 37.5. The van der Waals surface area contributed by atoms with Gasteiger partial charge >= 0.3 is 6.03 Å². The topological polar surface area (TPSA) is 95.7 Å². The molecule has 3 N–H and O–H groups in total. The van der Waals surface area contributed by atoms with Crippen LogP contribution in [-0.4, -0.2) is 59.4 Å². The molecule has 0 radical (unpaired) electrons. The summed E-state index contributed by atoms with van der Waals surface area (Å²) in [6.45, 7) is 5.60. The lowest BCUT2D eigenvalue weighted by Crippen LogP contribution is -2.64. The van der Waals surface area contributed by atoms with E-state index in [1.54, 1.807) is 23.8 Å². The fourth-order valence-electron chi connectivity index (χ4n) is 2.21. The predicted molar refractivity (Wildman–Crippen MR) is 65.6 cm³/mol. The van der Waals surface area contributed by atoms with E-state index < -0.39 is 11.9 Å². The van der Waals surface area contributed by atoms with Gasteiger partial charge in [-0.2, -0.15) is 0 Å². The number of rotatable bonds is 2. The average Bonchev–Trinajstić information content (AvgIpc) is 2.29. The first kappa shape index (κ1) is 14.4. The van der Waals surface area contributed by atoms with Gasteiger partial charge in [0.2, 0.25) is 11.8 Å². The summed E-state index contributed by atoms with van der Waals surface area (Å²) in [7, 11) is 1.75. The van der Waals surface area contributed by atoms with E-state index >= 15 is 0 Å². The summed E-state index contributed by atoms with van der Waals surface area (Å²) in [5.74, 6) is -0.529. The van der Waals surface area contributed by atoms with Gasteiger partial charge in [-0.05, 0) is 20.8 Å². The Bertz CT molecular complexity index is 371. The monoisotopic (exact) mass is 256 g/mol. The number of carbonyl (C=O) groups excluding carboxylic acids is 3. The van der Waals surface area contributed by atoms with Crippen molar-refractivity contribution in [1.29, 1.82) is 0 Å². The maximum Gasteiger partial charge on any atom is 0.318 e. The van der Waals surface area contributed by atoms with E-state index in [0.717, 1.165) is 0 Å². The van der Waals surface area contributed by atoms with Crippen molar-refractivity contribution in [2.24, 2.45) is 5.73 Å². The Morgan fingerprint density at radius 2 is 1.83 bits per heavy atom. The third-order valence-electron chi connectivity index (χ3n) is 3.62. The van der Waals surface area contributed by atoms with Crippen molar-refractivity contribution >= 4 is 17.8 Å². The summed E-state index contributed by atoms with van der Waals surface area (Å²) >= 11 is 0. The Morgan fingerprint density at radius 1 is 1.28 bits per heavy atom. The van der Waals surface area contributed by atoms with Gasteiger partial charge in [-0.1, -0.05) is 0 Å². The molecule has 1 aliphatic rings. The number of hydrogen-bond donors (Lipinski definition) is 2. The molecule has 1 aliphatic heterocycles. The summed E-state index contributed by atoms with van der Waals surface area (Å²) < 4.78 is 0. The summed E-state index contributed by atoms with van der Waals surface area (Å²) in [5, 5.41) is 2.01. The molecule has 0 aromatic rings. The minimum Gasteiger partial charge on any atom is -0.351 e. The number of piperazine rings is 1. The third-order valence-corrected chi connectivity index (χ3v) is 3.62. The predicted octanol–water partition coefficient (Wildman–Crippen LogP) is -0.879. The molecular formula is C11H20N4O3. The summed E-state index contributed by atoms with van der Waals surface area (Å²) in [6.07, 6.45) is 0. The normalized spacial score (nSPS) is 29.2. The molecule has 102 valence electrons. The highest BCUT2D eigenvalue weighted by atomic mass is 16.2. The quantitative estimate of drug-likeness (QED) is 0.670. The standard InChI is InChI=1S/C11H20N4O3/c1-6-7(2)15(5-9(16)13-11(12)18)8(3)10(17)14(6)4/h6-8H,5H2,1-4H3,(H3,12,13,16,18)/t6-,7-,8+/m1/s1. The molecule has 0 spiro atoms. The SMILES string of the molecule is C[C@@H]1[C@@H](C)N(CC(=O)NC(N)=O)[C@@H](C)C(=O)N1C. The number of amides is 4. The van der Waals surface area contributed by atoms with Crippen LogP contribution in [0.3, 0.4) is 0 Å². The lowest BCUT2D eigenvalue weighted by atomic mass is 10.0. The van der Waals surface area contributed by atoms with Crippen LogP contribution in [0.5, 0.6) is 0 Å². The third kappa shape index (κ3) is 2.79. The average molecular weight is 256 g/mol. The highest BCUT2D eigenvalue weighted by molar-refractivity contribution is 5.95. The first-order valence-corrected chi connectivity index (χ1v) is 5.87. The van der Waals surface area contributed by atoms with Crippen LogP contribution in [-0.2, 0) is 9.59 Å². The van der Waals surface area contributed by atoms with Crippen LogP contribution >= 0.6 is 0 Å². The van der Waals surface area contributed by atoms with Crippen LogP contribution in [0.25, 0.3) is 0 Å². The maximum atomic E-state index is 12.0. The number of primary amides is 1. The van der Waals surface area contributed by atoms with E-state index in [1.165, 1.54) is 0 Å². The zero-order chi connectivity index (χ0) is 14.0. The zero-order valence-electron chi connectivity index (χ0n) is 11.1. The Balaban J connectivity index is 2.77. The van der Waals surface area contributed by atoms with E-state index in [2.05, 4.69) is 0 Å². The summed E-state index contributed by atoms with van der Waals surface area (Å²) in [6, 6.07) is -1.23. The second-order valence-corrected chi connectivity index (χ2v) is 4.69. The molecule has 1 fully saturated rings. The van der Waals surface area contributed by atoms with E-state index in [-0.39, 0.29) is 30.6 Å². The number of nitrogens with two attached hydrogens (primary N) is 1. The van der Waals surface area contributed by atoms with E-state index in [9.17, 15) is 14.4 Å². The molecular weight excluding hydrogens is 236 g/mol. The first-order valence-electron chi connectivity index (χ1n) is 5.87. The van der Waals surface area contributed by atoms with Gasteiger partial charge in [-0.25, -0.2) is 4.79 Å². The molecule has 0 saturated carbocycles. The van der Waals surface area contributed by atoms with Crippen LogP contribution < -0.4 is 11.1 Å². The molecule has 0 aromatic carbocycles. The minimum absolute atomic E-state index is 0.00933. The minimum atomic E-state index is -0.881. The molecule has 0 unspecified atom stereocenters. The van der Waals surface area contributed by atoms with Crippen LogP contribution in [0.4, 0.5) is 4.79 Å². The van der Waals surface area contributed by atoms with Gasteiger partial charge in [0.25, 0.3) is 0 Å². The molecule has 18 heavy (non-hydrogen) atoms. The lowest BCUT2D eigenvalue weighted by molar-refractivity contribution is -0.147. The highest BCUT2D eigenvalue weighted by Gasteiger charge is 2.39. The van der Waals surface area contributed by atoms with E-state index in [4.69, 9.17) is 5.73 Å². The van der Waals surface area contributed by atoms with Crippen molar-refractivity contribution in [2.75, 3.05) is 13.6 Å².